The summed E-state index contributed by atoms with van der Waals surface area (Å²) < 4.78 is 32.6. The molecule has 7 saturated carbocycles. The zero-order valence-corrected chi connectivity index (χ0v) is 45.3. The first-order valence-corrected chi connectivity index (χ1v) is 26.8. The van der Waals surface area contributed by atoms with Crippen molar-refractivity contribution in [3.63, 3.8) is 0 Å². The van der Waals surface area contributed by atoms with Crippen LogP contribution in [-0.4, -0.2) is 82.6 Å². The predicted octanol–water partition coefficient (Wildman–Crippen LogP) is 10.8. The molecule has 9 rings (SSSR count). The van der Waals surface area contributed by atoms with Crippen LogP contribution in [0.2, 0.25) is 0 Å². The molecule has 1 N–H and O–H groups in total. The number of cyclic esters (lactones) is 1. The molecule has 7 aliphatic carbocycles. The quantitative estimate of drug-likeness (QED) is 0.136. The molecule has 2 aliphatic heterocycles. The van der Waals surface area contributed by atoms with Gasteiger partial charge in [0.2, 0.25) is 6.10 Å². The summed E-state index contributed by atoms with van der Waals surface area (Å²) in [6.07, 6.45) is 14.9. The number of hydrogen-bond acceptors (Lipinski definition) is 13. The Labute approximate surface area is 414 Å². The van der Waals surface area contributed by atoms with E-state index in [1.54, 1.807) is 13.8 Å². The molecule has 13 nitrogen and oxygen atoms in total. The second-order valence-electron chi connectivity index (χ2n) is 25.8. The Morgan fingerprint density at radius 2 is 1.14 bits per heavy atom. The lowest BCUT2D eigenvalue weighted by Crippen LogP contribution is -2.61. The van der Waals surface area contributed by atoms with Crippen molar-refractivity contribution in [3.8, 4) is 0 Å². The van der Waals surface area contributed by atoms with Crippen molar-refractivity contribution in [2.45, 2.75) is 248 Å². The Hall–Kier alpha value is -3.22. The van der Waals surface area contributed by atoms with Crippen LogP contribution in [-0.2, 0) is 57.2 Å². The van der Waals surface area contributed by atoms with E-state index in [0.717, 1.165) is 63.7 Å². The number of carbonyl (C=O) groups is 6. The van der Waals surface area contributed by atoms with E-state index in [4.69, 9.17) is 28.4 Å². The largest absolute Gasteiger partial charge is 0.463 e. The van der Waals surface area contributed by atoms with Gasteiger partial charge in [0, 0.05) is 24.7 Å². The van der Waals surface area contributed by atoms with Crippen molar-refractivity contribution in [3.05, 3.63) is 0 Å². The van der Waals surface area contributed by atoms with Crippen LogP contribution < -0.4 is 0 Å². The van der Waals surface area contributed by atoms with Crippen LogP contribution in [0.1, 0.15) is 213 Å². The highest BCUT2D eigenvalue weighted by molar-refractivity contribution is 5.83. The Bertz CT molecular complexity index is 1840. The fraction of sp³-hybridized carbons (Fsp3) is 0.893. The number of rotatable bonds is 13. The molecule has 0 aromatic heterocycles. The minimum atomic E-state index is -0.687. The molecular formula is C56H92O13. The molecule has 69 heavy (non-hydrogen) atoms. The zero-order valence-electron chi connectivity index (χ0n) is 45.3. The summed E-state index contributed by atoms with van der Waals surface area (Å²) in [7, 11) is 0. The fourth-order valence-corrected chi connectivity index (χ4v) is 11.8. The van der Waals surface area contributed by atoms with Crippen LogP contribution in [0.5, 0.6) is 0 Å². The molecule has 0 radical (unpaired) electrons. The molecule has 0 spiro atoms. The van der Waals surface area contributed by atoms with E-state index >= 15 is 0 Å². The van der Waals surface area contributed by atoms with Gasteiger partial charge in [-0.15, -0.1) is 0 Å². The first-order chi connectivity index (χ1) is 31.9. The summed E-state index contributed by atoms with van der Waals surface area (Å²) in [4.78, 5) is 70.9. The lowest BCUT2D eigenvalue weighted by atomic mass is 9.52. The first kappa shape index (κ1) is 56.7. The van der Waals surface area contributed by atoms with Crippen molar-refractivity contribution in [1.29, 1.82) is 0 Å². The van der Waals surface area contributed by atoms with E-state index in [9.17, 15) is 33.9 Å². The molecule has 9 fully saturated rings. The highest BCUT2D eigenvalue weighted by Gasteiger charge is 2.64. The molecule has 6 bridgehead atoms. The molecule has 13 heteroatoms. The Kier molecular flexibility index (Phi) is 17.6. The lowest BCUT2D eigenvalue weighted by Gasteiger charge is -2.59. The Morgan fingerprint density at radius 1 is 0.638 bits per heavy atom. The molecule has 0 aromatic rings. The molecule has 2 saturated heterocycles. The van der Waals surface area contributed by atoms with Crippen LogP contribution in [0.25, 0.3) is 0 Å². The average Bonchev–Trinajstić information content (AvgIpc) is 4.02. The molecule has 394 valence electrons. The van der Waals surface area contributed by atoms with Crippen LogP contribution in [0.15, 0.2) is 0 Å². The summed E-state index contributed by atoms with van der Waals surface area (Å²) in [6.45, 7) is 30.0. The van der Waals surface area contributed by atoms with Gasteiger partial charge in [0.25, 0.3) is 0 Å². The zero-order chi connectivity index (χ0) is 51.7. The lowest BCUT2D eigenvalue weighted by molar-refractivity contribution is -0.225. The fourth-order valence-electron chi connectivity index (χ4n) is 11.8. The summed E-state index contributed by atoms with van der Waals surface area (Å²) in [5.41, 5.74) is -2.98. The maximum absolute atomic E-state index is 12.4. The number of esters is 6. The molecular weight excluding hydrogens is 881 g/mol. The van der Waals surface area contributed by atoms with Crippen molar-refractivity contribution in [2.24, 2.45) is 63.1 Å². The molecule has 9 aliphatic rings. The van der Waals surface area contributed by atoms with Gasteiger partial charge in [0.1, 0.15) is 23.4 Å². The van der Waals surface area contributed by atoms with Gasteiger partial charge in [0.15, 0.2) is 0 Å². The van der Waals surface area contributed by atoms with Crippen LogP contribution in [0.4, 0.5) is 0 Å². The molecule has 8 atom stereocenters. The third-order valence-corrected chi connectivity index (χ3v) is 18.2. The summed E-state index contributed by atoms with van der Waals surface area (Å²) in [5.74, 6) is 2.04. The SMILES string of the molecule is CCC(C)(C)C(=O)OC(C)(C)C1CCC(C)CC1.CCC(C)(C)C(=O)OC12CC3CC(CC(O)(C3)C1)C2.CCC(C)(C)C(=O)OC1C2CC3C(=O)OC1C3C2.CCC(C)(C)C(=O)OC1CCOC1=O. The number of hydrogen-bond donors (Lipinski definition) is 1. The van der Waals surface area contributed by atoms with E-state index in [1.807, 2.05) is 69.2 Å². The Balaban J connectivity index is 0.000000173. The van der Waals surface area contributed by atoms with Crippen molar-refractivity contribution < 1.29 is 62.3 Å². The van der Waals surface area contributed by atoms with Gasteiger partial charge in [-0.2, -0.15) is 0 Å². The summed E-state index contributed by atoms with van der Waals surface area (Å²) in [6, 6.07) is 0. The van der Waals surface area contributed by atoms with Crippen molar-refractivity contribution in [1.82, 2.24) is 0 Å². The van der Waals surface area contributed by atoms with Gasteiger partial charge in [0.05, 0.1) is 39.8 Å². The molecule has 0 aromatic carbocycles. The standard InChI is InChI=1S/C16H26O3.C16H30O2.C14H20O4.C10H16O4/c1-4-14(2,3)13(17)19-16-8-11-5-12(9-16)7-15(18,6-11)10-16;1-7-15(3,4)14(17)18-16(5,6)13-10-8-12(2)9-11-13;1-4-14(2,3)13(16)18-10-7-5-8-9(6-7)12(15)17-11(8)10;1-4-10(2,3)9(12)14-7-5-6-13-8(7)11/h11-12,18H,4-10H2,1-3H3;12-13H,7-11H2,1-6H3;7-11H,4-6H2,1-3H3;7H,4-6H2,1-3H3. The predicted molar refractivity (Wildman–Crippen MR) is 261 cm³/mol. The van der Waals surface area contributed by atoms with Gasteiger partial charge in [-0.1, -0.05) is 47.5 Å². The minimum absolute atomic E-state index is 0.0476. The van der Waals surface area contributed by atoms with Gasteiger partial charge < -0.3 is 33.5 Å². The van der Waals surface area contributed by atoms with Gasteiger partial charge in [-0.25, -0.2) is 4.79 Å². The van der Waals surface area contributed by atoms with Crippen molar-refractivity contribution >= 4 is 35.8 Å². The maximum atomic E-state index is 12.4. The van der Waals surface area contributed by atoms with E-state index in [0.29, 0.717) is 55.5 Å². The monoisotopic (exact) mass is 973 g/mol. The Morgan fingerprint density at radius 3 is 1.64 bits per heavy atom. The summed E-state index contributed by atoms with van der Waals surface area (Å²) >= 11 is 0. The third-order valence-electron chi connectivity index (χ3n) is 18.2. The van der Waals surface area contributed by atoms with Crippen LogP contribution in [0, 0.1) is 63.1 Å². The van der Waals surface area contributed by atoms with E-state index in [1.165, 1.54) is 32.1 Å². The second kappa shape index (κ2) is 21.5. The van der Waals surface area contributed by atoms with Gasteiger partial charge in [-0.3, -0.25) is 24.0 Å². The smallest absolute Gasteiger partial charge is 0.347 e. The summed E-state index contributed by atoms with van der Waals surface area (Å²) in [5, 5.41) is 10.6. The van der Waals surface area contributed by atoms with Gasteiger partial charge in [-0.05, 0) is 176 Å². The number of ether oxygens (including phenoxy) is 6. The molecule has 2 heterocycles. The minimum Gasteiger partial charge on any atom is -0.463 e. The first-order valence-electron chi connectivity index (χ1n) is 26.8. The molecule has 8 unspecified atom stereocenters. The highest BCUT2D eigenvalue weighted by atomic mass is 16.6. The molecule has 0 amide bonds. The van der Waals surface area contributed by atoms with E-state index in [-0.39, 0.29) is 64.6 Å². The average molecular weight is 973 g/mol. The second-order valence-corrected chi connectivity index (χ2v) is 25.8. The van der Waals surface area contributed by atoms with E-state index in [2.05, 4.69) is 20.8 Å². The number of carbonyl (C=O) groups excluding carboxylic acids is 6. The van der Waals surface area contributed by atoms with E-state index < -0.39 is 33.9 Å². The normalized spacial score (nSPS) is 34.1. The van der Waals surface area contributed by atoms with Crippen LogP contribution in [0.3, 0.4) is 0 Å². The number of fused-ring (bicyclic) bond motifs is 1. The van der Waals surface area contributed by atoms with Crippen molar-refractivity contribution in [2.75, 3.05) is 6.61 Å². The topological polar surface area (TPSA) is 178 Å². The maximum Gasteiger partial charge on any atom is 0.347 e. The highest BCUT2D eigenvalue weighted by Crippen LogP contribution is 2.59. The van der Waals surface area contributed by atoms with Crippen LogP contribution >= 0.6 is 0 Å². The van der Waals surface area contributed by atoms with Gasteiger partial charge >= 0.3 is 35.8 Å². The number of aliphatic hydroxyl groups is 1. The third kappa shape index (κ3) is 13.3.